The maximum absolute atomic E-state index is 13.0. The van der Waals surface area contributed by atoms with E-state index >= 15 is 0 Å². The molecule has 34 heavy (non-hydrogen) atoms. The van der Waals surface area contributed by atoms with Gasteiger partial charge < -0.3 is 10.1 Å². The molecule has 8 nitrogen and oxygen atoms in total. The SMILES string of the molecule is O=C1Nc2ccc([N+](=O)[O-])cc2C1C(=Nc1ccc(CN2CCOCC2)cc1)c1ccccc1. The van der Waals surface area contributed by atoms with E-state index in [2.05, 4.69) is 10.2 Å². The first-order valence-electron chi connectivity index (χ1n) is 11.2. The molecule has 1 atom stereocenters. The molecule has 0 aromatic heterocycles. The van der Waals surface area contributed by atoms with Crippen LogP contribution in [0.15, 0.2) is 77.8 Å². The number of anilines is 1. The fourth-order valence-corrected chi connectivity index (χ4v) is 4.37. The summed E-state index contributed by atoms with van der Waals surface area (Å²) in [5, 5.41) is 14.2. The van der Waals surface area contributed by atoms with Gasteiger partial charge in [0.25, 0.3) is 5.69 Å². The van der Waals surface area contributed by atoms with Crippen molar-refractivity contribution in [2.24, 2.45) is 4.99 Å². The minimum Gasteiger partial charge on any atom is -0.379 e. The Morgan fingerprint density at radius 2 is 1.79 bits per heavy atom. The van der Waals surface area contributed by atoms with Gasteiger partial charge in [0.15, 0.2) is 0 Å². The summed E-state index contributed by atoms with van der Waals surface area (Å²) in [6.45, 7) is 4.19. The molecular formula is C26H24N4O4. The molecule has 2 aliphatic heterocycles. The van der Waals surface area contributed by atoms with Crippen molar-refractivity contribution < 1.29 is 14.5 Å². The van der Waals surface area contributed by atoms with Crippen LogP contribution in [0.5, 0.6) is 0 Å². The molecule has 0 radical (unpaired) electrons. The van der Waals surface area contributed by atoms with Gasteiger partial charge in [-0.3, -0.25) is 24.8 Å². The van der Waals surface area contributed by atoms with E-state index in [1.165, 1.54) is 17.7 Å². The molecule has 1 saturated heterocycles. The van der Waals surface area contributed by atoms with Crippen molar-refractivity contribution in [3.8, 4) is 0 Å². The number of carbonyl (C=O) groups excluding carboxylic acids is 1. The van der Waals surface area contributed by atoms with Gasteiger partial charge in [0.2, 0.25) is 5.91 Å². The second-order valence-electron chi connectivity index (χ2n) is 8.37. The molecular weight excluding hydrogens is 432 g/mol. The van der Waals surface area contributed by atoms with E-state index in [1.54, 1.807) is 6.07 Å². The molecule has 1 N–H and O–H groups in total. The van der Waals surface area contributed by atoms with Crippen molar-refractivity contribution in [1.82, 2.24) is 4.90 Å². The van der Waals surface area contributed by atoms with Gasteiger partial charge >= 0.3 is 0 Å². The summed E-state index contributed by atoms with van der Waals surface area (Å²) in [4.78, 5) is 31.1. The summed E-state index contributed by atoms with van der Waals surface area (Å²) in [5.41, 5.74) is 4.33. The number of morpholine rings is 1. The number of hydrogen-bond acceptors (Lipinski definition) is 6. The van der Waals surface area contributed by atoms with Gasteiger partial charge in [0.05, 0.1) is 29.5 Å². The zero-order valence-electron chi connectivity index (χ0n) is 18.5. The standard InChI is InChI=1S/C26H24N4O4/c31-26-24(22-16-21(30(32)33)10-11-23(22)28-26)25(19-4-2-1-3-5-19)27-20-8-6-18(7-9-20)17-29-12-14-34-15-13-29/h1-11,16,24H,12-15,17H2,(H,28,31). The van der Waals surface area contributed by atoms with Crippen LogP contribution in [-0.4, -0.2) is 47.7 Å². The first-order valence-corrected chi connectivity index (χ1v) is 11.2. The van der Waals surface area contributed by atoms with Gasteiger partial charge in [-0.25, -0.2) is 0 Å². The molecule has 3 aromatic rings. The molecule has 5 rings (SSSR count). The highest BCUT2D eigenvalue weighted by Gasteiger charge is 2.36. The largest absolute Gasteiger partial charge is 0.379 e. The number of nitro groups is 1. The summed E-state index contributed by atoms with van der Waals surface area (Å²) in [5.74, 6) is -0.993. The first-order chi connectivity index (χ1) is 16.6. The normalized spacial score (nSPS) is 18.4. The van der Waals surface area contributed by atoms with Crippen molar-refractivity contribution >= 4 is 28.7 Å². The monoisotopic (exact) mass is 456 g/mol. The Bertz CT molecular complexity index is 1240. The molecule has 2 heterocycles. The molecule has 0 saturated carbocycles. The number of carbonyl (C=O) groups is 1. The van der Waals surface area contributed by atoms with Crippen LogP contribution < -0.4 is 5.32 Å². The Balaban J connectivity index is 1.50. The van der Waals surface area contributed by atoms with Crippen molar-refractivity contribution in [2.45, 2.75) is 12.5 Å². The average Bonchev–Trinajstić information content (AvgIpc) is 3.19. The van der Waals surface area contributed by atoms with Crippen LogP contribution >= 0.6 is 0 Å². The predicted molar refractivity (Wildman–Crippen MR) is 130 cm³/mol. The molecule has 0 aliphatic carbocycles. The van der Waals surface area contributed by atoms with Gasteiger partial charge in [-0.1, -0.05) is 42.5 Å². The number of aliphatic imine (C=N–C) groups is 1. The second kappa shape index (κ2) is 9.54. The average molecular weight is 457 g/mol. The minimum absolute atomic E-state index is 0.0554. The van der Waals surface area contributed by atoms with Crippen LogP contribution in [-0.2, 0) is 16.1 Å². The highest BCUT2D eigenvalue weighted by molar-refractivity contribution is 6.24. The molecule has 0 bridgehead atoms. The molecule has 2 aliphatic rings. The van der Waals surface area contributed by atoms with Gasteiger partial charge in [-0.2, -0.15) is 0 Å². The van der Waals surface area contributed by atoms with Crippen LogP contribution in [0, 0.1) is 10.1 Å². The summed E-state index contributed by atoms with van der Waals surface area (Å²) in [6, 6.07) is 21.9. The number of hydrogen-bond donors (Lipinski definition) is 1. The number of benzene rings is 3. The van der Waals surface area contributed by atoms with Crippen molar-refractivity contribution in [3.63, 3.8) is 0 Å². The van der Waals surface area contributed by atoms with E-state index < -0.39 is 10.8 Å². The summed E-state index contributed by atoms with van der Waals surface area (Å²) >= 11 is 0. The van der Waals surface area contributed by atoms with Crippen molar-refractivity contribution in [1.29, 1.82) is 0 Å². The van der Waals surface area contributed by atoms with E-state index in [4.69, 9.17) is 9.73 Å². The number of nitro benzene ring substituents is 1. The van der Waals surface area contributed by atoms with Crippen LogP contribution in [0.4, 0.5) is 17.1 Å². The quantitative estimate of drug-likeness (QED) is 0.339. The van der Waals surface area contributed by atoms with E-state index in [1.807, 2.05) is 54.6 Å². The number of rotatable bonds is 6. The number of non-ortho nitro benzene ring substituents is 1. The predicted octanol–water partition coefficient (Wildman–Crippen LogP) is 4.28. The van der Waals surface area contributed by atoms with E-state index in [0.29, 0.717) is 17.0 Å². The Morgan fingerprint density at radius 1 is 1.06 bits per heavy atom. The van der Waals surface area contributed by atoms with E-state index in [0.717, 1.165) is 44.1 Å². The third-order valence-corrected chi connectivity index (χ3v) is 6.12. The molecule has 3 aromatic carbocycles. The zero-order chi connectivity index (χ0) is 23.5. The number of nitrogens with one attached hydrogen (secondary N) is 1. The van der Waals surface area contributed by atoms with Crippen molar-refractivity contribution in [3.05, 3.63) is 99.6 Å². The Hall–Kier alpha value is -3.88. The van der Waals surface area contributed by atoms with E-state index in [9.17, 15) is 14.9 Å². The highest BCUT2D eigenvalue weighted by atomic mass is 16.6. The molecule has 0 spiro atoms. The topological polar surface area (TPSA) is 97.1 Å². The maximum atomic E-state index is 13.0. The lowest BCUT2D eigenvalue weighted by molar-refractivity contribution is -0.384. The van der Waals surface area contributed by atoms with Crippen LogP contribution in [0.2, 0.25) is 0 Å². The molecule has 1 fully saturated rings. The van der Waals surface area contributed by atoms with Crippen molar-refractivity contribution in [2.75, 3.05) is 31.6 Å². The smallest absolute Gasteiger partial charge is 0.269 e. The van der Waals surface area contributed by atoms with Gasteiger partial charge in [0, 0.05) is 43.0 Å². The maximum Gasteiger partial charge on any atom is 0.269 e. The minimum atomic E-state index is -0.745. The molecule has 1 unspecified atom stereocenters. The number of fused-ring (bicyclic) bond motifs is 1. The molecule has 172 valence electrons. The summed E-state index contributed by atoms with van der Waals surface area (Å²) in [6.07, 6.45) is 0. The highest BCUT2D eigenvalue weighted by Crippen LogP contribution is 2.38. The summed E-state index contributed by atoms with van der Waals surface area (Å²) < 4.78 is 5.42. The van der Waals surface area contributed by atoms with Crippen LogP contribution in [0.1, 0.15) is 22.6 Å². The Kier molecular flexibility index (Phi) is 6.16. The lowest BCUT2D eigenvalue weighted by Gasteiger charge is -2.26. The Labute approximate surface area is 197 Å². The van der Waals surface area contributed by atoms with Crippen LogP contribution in [0.3, 0.4) is 0 Å². The number of nitrogens with zero attached hydrogens (tertiary/aromatic N) is 3. The molecule has 8 heteroatoms. The third kappa shape index (κ3) is 4.59. The summed E-state index contributed by atoms with van der Waals surface area (Å²) in [7, 11) is 0. The zero-order valence-corrected chi connectivity index (χ0v) is 18.5. The number of amides is 1. The Morgan fingerprint density at radius 3 is 2.50 bits per heavy atom. The lowest BCUT2D eigenvalue weighted by atomic mass is 9.90. The van der Waals surface area contributed by atoms with Gasteiger partial charge in [-0.05, 0) is 29.3 Å². The molecule has 1 amide bonds. The second-order valence-corrected chi connectivity index (χ2v) is 8.37. The first kappa shape index (κ1) is 21.9. The fourth-order valence-electron chi connectivity index (χ4n) is 4.37. The number of ether oxygens (including phenoxy) is 1. The van der Waals surface area contributed by atoms with Gasteiger partial charge in [-0.15, -0.1) is 0 Å². The fraction of sp³-hybridized carbons (Fsp3) is 0.231. The van der Waals surface area contributed by atoms with Crippen LogP contribution in [0.25, 0.3) is 0 Å². The van der Waals surface area contributed by atoms with Gasteiger partial charge in [0.1, 0.15) is 5.92 Å². The third-order valence-electron chi connectivity index (χ3n) is 6.12. The lowest BCUT2D eigenvalue weighted by Crippen LogP contribution is -2.35. The van der Waals surface area contributed by atoms with E-state index in [-0.39, 0.29) is 11.6 Å².